The fourth-order valence-corrected chi connectivity index (χ4v) is 2.89. The molecule has 0 spiro atoms. The first-order chi connectivity index (χ1) is 12.8. The van der Waals surface area contributed by atoms with Crippen LogP contribution in [0.15, 0.2) is 42.5 Å². The van der Waals surface area contributed by atoms with E-state index in [4.69, 9.17) is 18.8 Å². The standard InChI is InChI=1S/C21H25BO5/c1-20(2)21(3,4)27-22(26-20)17-11-16(13-23)12-18(24-5)19(17)25-14-15-9-7-6-8-10-15/h6-13H,14H2,1-5H3. The van der Waals surface area contributed by atoms with E-state index in [0.29, 0.717) is 29.1 Å². The summed E-state index contributed by atoms with van der Waals surface area (Å²) in [4.78, 5) is 11.4. The van der Waals surface area contributed by atoms with E-state index in [1.165, 1.54) is 0 Å². The summed E-state index contributed by atoms with van der Waals surface area (Å²) in [6, 6.07) is 13.2. The van der Waals surface area contributed by atoms with Crippen molar-refractivity contribution >= 4 is 18.9 Å². The van der Waals surface area contributed by atoms with E-state index in [1.807, 2.05) is 58.0 Å². The lowest BCUT2D eigenvalue weighted by Crippen LogP contribution is -2.41. The molecule has 3 rings (SSSR count). The summed E-state index contributed by atoms with van der Waals surface area (Å²) in [7, 11) is 0.891. The fourth-order valence-electron chi connectivity index (χ4n) is 2.89. The van der Waals surface area contributed by atoms with Gasteiger partial charge < -0.3 is 18.8 Å². The van der Waals surface area contributed by atoms with Crippen molar-refractivity contribution in [1.82, 2.24) is 0 Å². The van der Waals surface area contributed by atoms with Crippen molar-refractivity contribution in [3.05, 3.63) is 53.6 Å². The fraction of sp³-hybridized carbons (Fsp3) is 0.381. The van der Waals surface area contributed by atoms with E-state index in [2.05, 4.69) is 0 Å². The Bertz CT molecular complexity index is 801. The number of hydrogen-bond donors (Lipinski definition) is 0. The third-order valence-corrected chi connectivity index (χ3v) is 5.20. The van der Waals surface area contributed by atoms with Crippen LogP contribution < -0.4 is 14.9 Å². The van der Waals surface area contributed by atoms with Crippen molar-refractivity contribution in [3.63, 3.8) is 0 Å². The number of rotatable bonds is 6. The number of aldehydes is 1. The molecule has 2 aromatic carbocycles. The Morgan fingerprint density at radius 3 is 2.22 bits per heavy atom. The molecule has 0 N–H and O–H groups in total. The quantitative estimate of drug-likeness (QED) is 0.578. The summed E-state index contributed by atoms with van der Waals surface area (Å²) in [5, 5.41) is 0. The van der Waals surface area contributed by atoms with Crippen LogP contribution in [0.25, 0.3) is 0 Å². The second-order valence-corrected chi connectivity index (χ2v) is 7.62. The summed E-state index contributed by atoms with van der Waals surface area (Å²) in [5.41, 5.74) is 1.14. The number of methoxy groups -OCH3 is 1. The first-order valence-electron chi connectivity index (χ1n) is 8.97. The topological polar surface area (TPSA) is 54.0 Å². The summed E-state index contributed by atoms with van der Waals surface area (Å²) < 4.78 is 23.9. The summed E-state index contributed by atoms with van der Waals surface area (Å²) >= 11 is 0. The van der Waals surface area contributed by atoms with Gasteiger partial charge in [0, 0.05) is 11.0 Å². The van der Waals surface area contributed by atoms with Gasteiger partial charge in [0.15, 0.2) is 11.5 Å². The first-order valence-corrected chi connectivity index (χ1v) is 8.97. The molecule has 0 bridgehead atoms. The van der Waals surface area contributed by atoms with Crippen molar-refractivity contribution in [1.29, 1.82) is 0 Å². The van der Waals surface area contributed by atoms with Crippen molar-refractivity contribution in [2.45, 2.75) is 45.5 Å². The maximum absolute atomic E-state index is 11.4. The number of ether oxygens (including phenoxy) is 2. The maximum Gasteiger partial charge on any atom is 0.498 e. The van der Waals surface area contributed by atoms with E-state index < -0.39 is 18.3 Å². The first kappa shape index (κ1) is 19.5. The molecule has 0 atom stereocenters. The summed E-state index contributed by atoms with van der Waals surface area (Å²) in [6.45, 7) is 8.30. The monoisotopic (exact) mass is 368 g/mol. The Hall–Kier alpha value is -2.31. The molecule has 5 nitrogen and oxygen atoms in total. The third-order valence-electron chi connectivity index (χ3n) is 5.20. The molecule has 1 fully saturated rings. The van der Waals surface area contributed by atoms with Gasteiger partial charge in [-0.2, -0.15) is 0 Å². The van der Waals surface area contributed by atoms with Gasteiger partial charge in [-0.1, -0.05) is 30.3 Å². The zero-order valence-electron chi connectivity index (χ0n) is 16.4. The summed E-state index contributed by atoms with van der Waals surface area (Å²) in [6.07, 6.45) is 0.776. The van der Waals surface area contributed by atoms with Crippen molar-refractivity contribution in [2.24, 2.45) is 0 Å². The molecule has 0 aromatic heterocycles. The van der Waals surface area contributed by atoms with Crippen molar-refractivity contribution < 1.29 is 23.6 Å². The molecule has 0 aliphatic carbocycles. The SMILES string of the molecule is COc1cc(C=O)cc(B2OC(C)(C)C(C)(C)O2)c1OCc1ccccc1. The highest BCUT2D eigenvalue weighted by Crippen LogP contribution is 2.38. The molecule has 2 aromatic rings. The van der Waals surface area contributed by atoms with E-state index in [0.717, 1.165) is 11.8 Å². The van der Waals surface area contributed by atoms with Crippen molar-refractivity contribution in [2.75, 3.05) is 7.11 Å². The van der Waals surface area contributed by atoms with Crippen LogP contribution in [0.5, 0.6) is 11.5 Å². The molecule has 1 heterocycles. The average Bonchev–Trinajstić information content (AvgIpc) is 2.87. The zero-order chi connectivity index (χ0) is 19.7. The van der Waals surface area contributed by atoms with Crippen LogP contribution >= 0.6 is 0 Å². The van der Waals surface area contributed by atoms with Crippen LogP contribution in [0.2, 0.25) is 0 Å². The average molecular weight is 368 g/mol. The highest BCUT2D eigenvalue weighted by atomic mass is 16.7. The van der Waals surface area contributed by atoms with Crippen LogP contribution in [0.4, 0.5) is 0 Å². The minimum absolute atomic E-state index is 0.365. The van der Waals surface area contributed by atoms with Crippen molar-refractivity contribution in [3.8, 4) is 11.5 Å². The highest BCUT2D eigenvalue weighted by molar-refractivity contribution is 6.63. The Morgan fingerprint density at radius 2 is 1.67 bits per heavy atom. The van der Waals surface area contributed by atoms with Crippen LogP contribution in [-0.2, 0) is 15.9 Å². The zero-order valence-corrected chi connectivity index (χ0v) is 16.4. The van der Waals surface area contributed by atoms with E-state index in [-0.39, 0.29) is 0 Å². The molecule has 0 radical (unpaired) electrons. The predicted molar refractivity (Wildman–Crippen MR) is 105 cm³/mol. The Morgan fingerprint density at radius 1 is 1.04 bits per heavy atom. The van der Waals surface area contributed by atoms with Crippen LogP contribution in [0, 0.1) is 0 Å². The second-order valence-electron chi connectivity index (χ2n) is 7.62. The molecule has 1 aliphatic heterocycles. The Balaban J connectivity index is 1.99. The molecule has 142 valence electrons. The normalized spacial score (nSPS) is 17.6. The molecule has 0 amide bonds. The van der Waals surface area contributed by atoms with Gasteiger partial charge in [0.05, 0.1) is 18.3 Å². The van der Waals surface area contributed by atoms with E-state index in [9.17, 15) is 4.79 Å². The second kappa shape index (κ2) is 7.37. The van der Waals surface area contributed by atoms with Gasteiger partial charge in [-0.15, -0.1) is 0 Å². The number of carbonyl (C=O) groups excluding carboxylic acids is 1. The molecular weight excluding hydrogens is 343 g/mol. The van der Waals surface area contributed by atoms with Crippen LogP contribution in [0.1, 0.15) is 43.6 Å². The van der Waals surface area contributed by atoms with E-state index in [1.54, 1.807) is 19.2 Å². The lowest BCUT2D eigenvalue weighted by atomic mass is 9.77. The van der Waals surface area contributed by atoms with E-state index >= 15 is 0 Å². The smallest absolute Gasteiger partial charge is 0.493 e. The Kier molecular flexibility index (Phi) is 5.31. The third kappa shape index (κ3) is 3.87. The molecular formula is C21H25BO5. The van der Waals surface area contributed by atoms with Gasteiger partial charge in [0.2, 0.25) is 0 Å². The molecule has 1 saturated heterocycles. The number of benzene rings is 2. The lowest BCUT2D eigenvalue weighted by molar-refractivity contribution is 0.00578. The Labute approximate surface area is 160 Å². The highest BCUT2D eigenvalue weighted by Gasteiger charge is 2.52. The summed E-state index contributed by atoms with van der Waals surface area (Å²) in [5.74, 6) is 0.991. The minimum atomic E-state index is -0.658. The minimum Gasteiger partial charge on any atom is -0.493 e. The number of hydrogen-bond acceptors (Lipinski definition) is 5. The molecule has 6 heteroatoms. The van der Waals surface area contributed by atoms with Crippen LogP contribution in [-0.4, -0.2) is 31.7 Å². The van der Waals surface area contributed by atoms with Gasteiger partial charge in [-0.25, -0.2) is 0 Å². The molecule has 0 saturated carbocycles. The van der Waals surface area contributed by atoms with Gasteiger partial charge in [0.1, 0.15) is 12.9 Å². The largest absolute Gasteiger partial charge is 0.498 e. The van der Waals surface area contributed by atoms with Gasteiger partial charge >= 0.3 is 7.12 Å². The molecule has 27 heavy (non-hydrogen) atoms. The predicted octanol–water partition coefficient (Wildman–Crippen LogP) is 3.39. The van der Waals surface area contributed by atoms with Gasteiger partial charge in [-0.3, -0.25) is 4.79 Å². The molecule has 1 aliphatic rings. The van der Waals surface area contributed by atoms with Gasteiger partial charge in [-0.05, 0) is 45.4 Å². The maximum atomic E-state index is 11.4. The lowest BCUT2D eigenvalue weighted by Gasteiger charge is -2.32. The number of carbonyl (C=O) groups is 1. The van der Waals surface area contributed by atoms with Gasteiger partial charge in [0.25, 0.3) is 0 Å². The molecule has 0 unspecified atom stereocenters. The van der Waals surface area contributed by atoms with Crippen LogP contribution in [0.3, 0.4) is 0 Å².